The number of nitrogens with two attached hydrogens (primary N) is 1. The molecule has 3 amide bonds. The first kappa shape index (κ1) is 13.8. The predicted octanol–water partition coefficient (Wildman–Crippen LogP) is 0.465. The van der Waals surface area contributed by atoms with Gasteiger partial charge in [0.15, 0.2) is 0 Å². The van der Waals surface area contributed by atoms with Crippen molar-refractivity contribution in [2.24, 2.45) is 5.73 Å². The summed E-state index contributed by atoms with van der Waals surface area (Å²) in [6, 6.07) is -0.456. The van der Waals surface area contributed by atoms with Crippen LogP contribution in [0.2, 0.25) is 0 Å². The zero-order valence-electron chi connectivity index (χ0n) is 10.4. The van der Waals surface area contributed by atoms with Crippen molar-refractivity contribution in [1.29, 1.82) is 0 Å². The van der Waals surface area contributed by atoms with Gasteiger partial charge in [0, 0.05) is 12.2 Å². The van der Waals surface area contributed by atoms with Crippen LogP contribution in [0.15, 0.2) is 5.16 Å². The number of imide groups is 1. The van der Waals surface area contributed by atoms with Crippen molar-refractivity contribution in [2.45, 2.75) is 43.3 Å². The number of tetrazole rings is 1. The van der Waals surface area contributed by atoms with Gasteiger partial charge in [0.25, 0.3) is 0 Å². The van der Waals surface area contributed by atoms with Crippen LogP contribution < -0.4 is 11.1 Å². The molecule has 1 heterocycles. The third kappa shape index (κ3) is 3.91. The summed E-state index contributed by atoms with van der Waals surface area (Å²) in [4.78, 5) is 21.7. The fourth-order valence-electron chi connectivity index (χ4n) is 2.09. The van der Waals surface area contributed by atoms with Gasteiger partial charge in [-0.1, -0.05) is 24.6 Å². The maximum absolute atomic E-state index is 11.2. The van der Waals surface area contributed by atoms with E-state index >= 15 is 0 Å². The van der Waals surface area contributed by atoms with Crippen molar-refractivity contribution >= 4 is 23.7 Å². The van der Waals surface area contributed by atoms with Gasteiger partial charge in [-0.15, -0.1) is 5.10 Å². The van der Waals surface area contributed by atoms with Crippen molar-refractivity contribution in [1.82, 2.24) is 25.5 Å². The zero-order valence-corrected chi connectivity index (χ0v) is 11.2. The average Bonchev–Trinajstić information content (AvgIpc) is 2.96. The Morgan fingerprint density at radius 2 is 2.16 bits per heavy atom. The molecule has 8 nitrogen and oxygen atoms in total. The molecule has 1 aromatic heterocycles. The lowest BCUT2D eigenvalue weighted by molar-refractivity contribution is -0.119. The number of rotatable bonds is 5. The number of amides is 3. The molecule has 0 unspecified atom stereocenters. The molecular weight excluding hydrogens is 268 g/mol. The molecule has 9 heteroatoms. The van der Waals surface area contributed by atoms with Gasteiger partial charge in [-0.3, -0.25) is 10.1 Å². The quantitative estimate of drug-likeness (QED) is 0.759. The Balaban J connectivity index is 1.81. The monoisotopic (exact) mass is 284 g/mol. The van der Waals surface area contributed by atoms with Gasteiger partial charge >= 0.3 is 6.03 Å². The van der Waals surface area contributed by atoms with Crippen molar-refractivity contribution in [3.05, 3.63) is 0 Å². The topological polar surface area (TPSA) is 116 Å². The van der Waals surface area contributed by atoms with Crippen LogP contribution in [0.1, 0.15) is 38.1 Å². The first-order valence-electron chi connectivity index (χ1n) is 6.17. The molecule has 19 heavy (non-hydrogen) atoms. The molecule has 0 atom stereocenters. The fourth-order valence-corrected chi connectivity index (χ4v) is 2.98. The Morgan fingerprint density at radius 3 is 2.84 bits per heavy atom. The molecule has 0 aromatic carbocycles. The Bertz CT molecular complexity index is 457. The zero-order chi connectivity index (χ0) is 13.7. The van der Waals surface area contributed by atoms with E-state index in [1.54, 1.807) is 0 Å². The van der Waals surface area contributed by atoms with Crippen molar-refractivity contribution in [3.63, 3.8) is 0 Å². The first-order valence-corrected chi connectivity index (χ1v) is 7.15. The minimum absolute atomic E-state index is 0.200. The third-order valence-corrected chi connectivity index (χ3v) is 3.89. The van der Waals surface area contributed by atoms with E-state index in [4.69, 9.17) is 5.73 Å². The highest BCUT2D eigenvalue weighted by Crippen LogP contribution is 2.31. The van der Waals surface area contributed by atoms with Gasteiger partial charge in [-0.05, 0) is 23.3 Å². The van der Waals surface area contributed by atoms with Crippen molar-refractivity contribution in [3.8, 4) is 0 Å². The van der Waals surface area contributed by atoms with Gasteiger partial charge in [0.2, 0.25) is 11.1 Å². The van der Waals surface area contributed by atoms with E-state index in [9.17, 15) is 9.59 Å². The van der Waals surface area contributed by atoms with E-state index in [-0.39, 0.29) is 12.3 Å². The van der Waals surface area contributed by atoms with E-state index in [1.807, 2.05) is 10.00 Å². The maximum Gasteiger partial charge on any atom is 0.318 e. The second kappa shape index (κ2) is 6.50. The van der Waals surface area contributed by atoms with Gasteiger partial charge in [0.05, 0.1) is 6.04 Å². The summed E-state index contributed by atoms with van der Waals surface area (Å²) in [6.45, 7) is 0. The lowest BCUT2D eigenvalue weighted by atomic mass is 10.3. The molecule has 1 fully saturated rings. The second-order valence-electron chi connectivity index (χ2n) is 4.36. The number of nitrogens with zero attached hydrogens (tertiary/aromatic N) is 4. The summed E-state index contributed by atoms with van der Waals surface area (Å²) in [7, 11) is 0. The maximum atomic E-state index is 11.2. The molecule has 0 radical (unpaired) electrons. The second-order valence-corrected chi connectivity index (χ2v) is 5.42. The van der Waals surface area contributed by atoms with Crippen LogP contribution >= 0.6 is 11.8 Å². The summed E-state index contributed by atoms with van der Waals surface area (Å²) in [6.07, 6.45) is 4.80. The molecule has 0 aliphatic heterocycles. The van der Waals surface area contributed by atoms with E-state index in [0.29, 0.717) is 11.8 Å². The third-order valence-electron chi connectivity index (χ3n) is 2.96. The molecule has 3 N–H and O–H groups in total. The van der Waals surface area contributed by atoms with Gasteiger partial charge in [-0.2, -0.15) is 0 Å². The van der Waals surface area contributed by atoms with Crippen molar-refractivity contribution in [2.75, 3.05) is 5.75 Å². The SMILES string of the molecule is NC(=O)NC(=O)CCSc1nnnn1C1CCCC1. The largest absolute Gasteiger partial charge is 0.351 e. The molecule has 0 bridgehead atoms. The van der Waals surface area contributed by atoms with Gasteiger partial charge in [0.1, 0.15) is 0 Å². The van der Waals surface area contributed by atoms with Gasteiger partial charge in [-0.25, -0.2) is 9.48 Å². The van der Waals surface area contributed by atoms with Crippen LogP contribution in [-0.2, 0) is 4.79 Å². The van der Waals surface area contributed by atoms with Crippen molar-refractivity contribution < 1.29 is 9.59 Å². The highest BCUT2D eigenvalue weighted by molar-refractivity contribution is 7.99. The molecule has 0 saturated heterocycles. The number of aromatic nitrogens is 4. The highest BCUT2D eigenvalue weighted by atomic mass is 32.2. The molecule has 104 valence electrons. The number of nitrogens with one attached hydrogen (secondary N) is 1. The van der Waals surface area contributed by atoms with E-state index in [1.165, 1.54) is 24.6 Å². The molecular formula is C10H16N6O2S. The number of thioether (sulfide) groups is 1. The average molecular weight is 284 g/mol. The Morgan fingerprint density at radius 1 is 1.42 bits per heavy atom. The number of urea groups is 1. The van der Waals surface area contributed by atoms with Crippen LogP contribution in [-0.4, -0.2) is 37.9 Å². The number of carbonyl (C=O) groups excluding carboxylic acids is 2. The summed E-state index contributed by atoms with van der Waals surface area (Å²) in [5, 5.41) is 14.4. The van der Waals surface area contributed by atoms with E-state index in [2.05, 4.69) is 15.5 Å². The molecule has 1 saturated carbocycles. The van der Waals surface area contributed by atoms with Crippen LogP contribution in [0.3, 0.4) is 0 Å². The molecule has 2 rings (SSSR count). The van der Waals surface area contributed by atoms with E-state index in [0.717, 1.165) is 18.0 Å². The molecule has 1 aromatic rings. The summed E-state index contributed by atoms with van der Waals surface area (Å²) in [5.74, 6) is 0.117. The lowest BCUT2D eigenvalue weighted by Gasteiger charge is -2.10. The molecule has 1 aliphatic carbocycles. The molecule has 1 aliphatic rings. The smallest absolute Gasteiger partial charge is 0.318 e. The Hall–Kier alpha value is -1.64. The Labute approximate surface area is 114 Å². The molecule has 0 spiro atoms. The summed E-state index contributed by atoms with van der Waals surface area (Å²) in [5.41, 5.74) is 4.85. The van der Waals surface area contributed by atoms with E-state index < -0.39 is 6.03 Å². The van der Waals surface area contributed by atoms with Crippen LogP contribution in [0, 0.1) is 0 Å². The number of hydrogen-bond acceptors (Lipinski definition) is 6. The van der Waals surface area contributed by atoms with Crippen LogP contribution in [0.5, 0.6) is 0 Å². The summed E-state index contributed by atoms with van der Waals surface area (Å²) < 4.78 is 1.84. The minimum atomic E-state index is -0.828. The fraction of sp³-hybridized carbons (Fsp3) is 0.700. The number of carbonyl (C=O) groups is 2. The standard InChI is InChI=1S/C10H16N6O2S/c11-9(18)12-8(17)5-6-19-10-13-14-15-16(10)7-3-1-2-4-7/h7H,1-6H2,(H3,11,12,17,18). The van der Waals surface area contributed by atoms with Gasteiger partial charge < -0.3 is 5.73 Å². The number of primary amides is 1. The lowest BCUT2D eigenvalue weighted by Crippen LogP contribution is -2.35. The number of hydrogen-bond donors (Lipinski definition) is 2. The summed E-state index contributed by atoms with van der Waals surface area (Å²) >= 11 is 1.41. The van der Waals surface area contributed by atoms with Crippen LogP contribution in [0.4, 0.5) is 4.79 Å². The first-order chi connectivity index (χ1) is 9.16. The Kier molecular flexibility index (Phi) is 4.72. The predicted molar refractivity (Wildman–Crippen MR) is 68.4 cm³/mol. The highest BCUT2D eigenvalue weighted by Gasteiger charge is 2.21. The minimum Gasteiger partial charge on any atom is -0.351 e. The van der Waals surface area contributed by atoms with Crippen LogP contribution in [0.25, 0.3) is 0 Å². The normalized spacial score (nSPS) is 15.6.